The second-order valence-corrected chi connectivity index (χ2v) is 5.53. The molecule has 108 valence electrons. The van der Waals surface area contributed by atoms with Gasteiger partial charge in [-0.3, -0.25) is 4.68 Å². The molecule has 0 fully saturated rings. The predicted molar refractivity (Wildman–Crippen MR) is 83.7 cm³/mol. The van der Waals surface area contributed by atoms with E-state index in [2.05, 4.69) is 62.4 Å². The SMILES string of the molecule is CCC(NCc1c(C)nn(C)c1C)c1ccc(C)cc1. The number of aryl methyl sites for hydroxylation is 3. The third-order valence-corrected chi connectivity index (χ3v) is 4.07. The Balaban J connectivity index is 2.09. The molecule has 2 aromatic rings. The Morgan fingerprint density at radius 2 is 1.80 bits per heavy atom. The van der Waals surface area contributed by atoms with Crippen molar-refractivity contribution in [3.05, 3.63) is 52.3 Å². The van der Waals surface area contributed by atoms with Gasteiger partial charge in [0.25, 0.3) is 0 Å². The summed E-state index contributed by atoms with van der Waals surface area (Å²) < 4.78 is 1.96. The van der Waals surface area contributed by atoms with Gasteiger partial charge in [0.2, 0.25) is 0 Å². The van der Waals surface area contributed by atoms with E-state index in [1.165, 1.54) is 22.4 Å². The molecule has 2 rings (SSSR count). The lowest BCUT2D eigenvalue weighted by atomic mass is 10.0. The molecule has 0 radical (unpaired) electrons. The van der Waals surface area contributed by atoms with Gasteiger partial charge in [0.15, 0.2) is 0 Å². The Morgan fingerprint density at radius 1 is 1.15 bits per heavy atom. The minimum absolute atomic E-state index is 0.398. The summed E-state index contributed by atoms with van der Waals surface area (Å²) in [5.41, 5.74) is 6.35. The van der Waals surface area contributed by atoms with Crippen molar-refractivity contribution in [1.29, 1.82) is 0 Å². The van der Waals surface area contributed by atoms with Gasteiger partial charge in [0.1, 0.15) is 0 Å². The molecule has 0 amide bonds. The zero-order valence-corrected chi connectivity index (χ0v) is 13.2. The maximum Gasteiger partial charge on any atom is 0.0641 e. The molecule has 1 heterocycles. The summed E-state index contributed by atoms with van der Waals surface area (Å²) in [6.07, 6.45) is 1.08. The maximum absolute atomic E-state index is 4.48. The summed E-state index contributed by atoms with van der Waals surface area (Å²) in [6.45, 7) is 9.43. The Bertz CT molecular complexity index is 567. The van der Waals surface area contributed by atoms with E-state index in [-0.39, 0.29) is 0 Å². The highest BCUT2D eigenvalue weighted by Crippen LogP contribution is 2.19. The van der Waals surface area contributed by atoms with Gasteiger partial charge in [-0.15, -0.1) is 0 Å². The average Bonchev–Trinajstić information content (AvgIpc) is 2.67. The molecule has 20 heavy (non-hydrogen) atoms. The van der Waals surface area contributed by atoms with Crippen molar-refractivity contribution in [2.75, 3.05) is 0 Å². The quantitative estimate of drug-likeness (QED) is 0.900. The molecule has 0 bridgehead atoms. The number of rotatable bonds is 5. The molecule has 0 aliphatic carbocycles. The van der Waals surface area contributed by atoms with Crippen molar-refractivity contribution in [1.82, 2.24) is 15.1 Å². The fraction of sp³-hybridized carbons (Fsp3) is 0.471. The van der Waals surface area contributed by atoms with E-state index in [9.17, 15) is 0 Å². The van der Waals surface area contributed by atoms with Crippen LogP contribution in [0.5, 0.6) is 0 Å². The second kappa shape index (κ2) is 6.23. The van der Waals surface area contributed by atoms with E-state index in [4.69, 9.17) is 0 Å². The molecule has 0 saturated heterocycles. The third kappa shape index (κ3) is 3.10. The van der Waals surface area contributed by atoms with Crippen LogP contribution in [0.2, 0.25) is 0 Å². The van der Waals surface area contributed by atoms with Crippen molar-refractivity contribution < 1.29 is 0 Å². The molecule has 1 N–H and O–H groups in total. The molecule has 3 heteroatoms. The number of aromatic nitrogens is 2. The second-order valence-electron chi connectivity index (χ2n) is 5.53. The Kier molecular flexibility index (Phi) is 4.61. The van der Waals surface area contributed by atoms with E-state index in [1.807, 2.05) is 11.7 Å². The number of hydrogen-bond donors (Lipinski definition) is 1. The first-order valence-electron chi connectivity index (χ1n) is 7.32. The Hall–Kier alpha value is -1.61. The first kappa shape index (κ1) is 14.8. The first-order chi connectivity index (χ1) is 9.52. The van der Waals surface area contributed by atoms with E-state index in [0.717, 1.165) is 18.7 Å². The van der Waals surface area contributed by atoms with Crippen LogP contribution in [-0.2, 0) is 13.6 Å². The summed E-state index contributed by atoms with van der Waals surface area (Å²) in [7, 11) is 2.00. The van der Waals surface area contributed by atoms with E-state index < -0.39 is 0 Å². The normalized spacial score (nSPS) is 12.7. The summed E-state index contributed by atoms with van der Waals surface area (Å²) in [6, 6.07) is 9.20. The molecule has 0 aliphatic heterocycles. The topological polar surface area (TPSA) is 29.9 Å². The van der Waals surface area contributed by atoms with Crippen molar-refractivity contribution in [2.24, 2.45) is 7.05 Å². The summed E-state index contributed by atoms with van der Waals surface area (Å²) in [5.74, 6) is 0. The van der Waals surface area contributed by atoms with Gasteiger partial charge in [-0.25, -0.2) is 0 Å². The zero-order chi connectivity index (χ0) is 14.7. The van der Waals surface area contributed by atoms with Gasteiger partial charge < -0.3 is 5.32 Å². The van der Waals surface area contributed by atoms with Gasteiger partial charge in [0.05, 0.1) is 5.69 Å². The molecule has 0 spiro atoms. The van der Waals surface area contributed by atoms with Crippen molar-refractivity contribution in [3.63, 3.8) is 0 Å². The van der Waals surface area contributed by atoms with Crippen LogP contribution in [0, 0.1) is 20.8 Å². The number of benzene rings is 1. The molecule has 0 saturated carbocycles. The van der Waals surface area contributed by atoms with Crippen LogP contribution < -0.4 is 5.32 Å². The number of hydrogen-bond acceptors (Lipinski definition) is 2. The zero-order valence-electron chi connectivity index (χ0n) is 13.2. The fourth-order valence-corrected chi connectivity index (χ4v) is 2.60. The highest BCUT2D eigenvalue weighted by Gasteiger charge is 2.13. The minimum atomic E-state index is 0.398. The van der Waals surface area contributed by atoms with Crippen LogP contribution in [0.15, 0.2) is 24.3 Å². The highest BCUT2D eigenvalue weighted by atomic mass is 15.3. The largest absolute Gasteiger partial charge is 0.306 e. The van der Waals surface area contributed by atoms with Gasteiger partial charge in [-0.2, -0.15) is 5.10 Å². The van der Waals surface area contributed by atoms with Crippen LogP contribution in [0.1, 0.15) is 47.5 Å². The summed E-state index contributed by atoms with van der Waals surface area (Å²) in [5, 5.41) is 8.14. The van der Waals surface area contributed by atoms with Gasteiger partial charge in [-0.1, -0.05) is 36.8 Å². The summed E-state index contributed by atoms with van der Waals surface area (Å²) in [4.78, 5) is 0. The monoisotopic (exact) mass is 271 g/mol. The standard InChI is InChI=1S/C17H25N3/c1-6-17(15-9-7-12(2)8-10-15)18-11-16-13(3)19-20(5)14(16)4/h7-10,17-18H,6,11H2,1-5H3. The van der Waals surface area contributed by atoms with Crippen LogP contribution in [0.25, 0.3) is 0 Å². The van der Waals surface area contributed by atoms with Crippen LogP contribution >= 0.6 is 0 Å². The van der Waals surface area contributed by atoms with Crippen molar-refractivity contribution >= 4 is 0 Å². The molecular weight excluding hydrogens is 246 g/mol. The average molecular weight is 271 g/mol. The molecule has 1 atom stereocenters. The molecule has 1 aromatic heterocycles. The predicted octanol–water partition coefficient (Wildman–Crippen LogP) is 3.59. The highest BCUT2D eigenvalue weighted by molar-refractivity contribution is 5.26. The number of nitrogens with zero attached hydrogens (tertiary/aromatic N) is 2. The Morgan fingerprint density at radius 3 is 2.30 bits per heavy atom. The smallest absolute Gasteiger partial charge is 0.0641 e. The van der Waals surface area contributed by atoms with Crippen molar-refractivity contribution in [3.8, 4) is 0 Å². The maximum atomic E-state index is 4.48. The van der Waals surface area contributed by atoms with Gasteiger partial charge >= 0.3 is 0 Å². The minimum Gasteiger partial charge on any atom is -0.306 e. The van der Waals surface area contributed by atoms with Crippen LogP contribution in [0.4, 0.5) is 0 Å². The Labute approximate surface area is 122 Å². The van der Waals surface area contributed by atoms with E-state index >= 15 is 0 Å². The van der Waals surface area contributed by atoms with Gasteiger partial charge in [-0.05, 0) is 32.8 Å². The molecule has 1 aromatic carbocycles. The molecule has 0 aliphatic rings. The van der Waals surface area contributed by atoms with E-state index in [0.29, 0.717) is 6.04 Å². The number of nitrogens with one attached hydrogen (secondary N) is 1. The summed E-state index contributed by atoms with van der Waals surface area (Å²) >= 11 is 0. The lowest BCUT2D eigenvalue weighted by molar-refractivity contribution is 0.517. The van der Waals surface area contributed by atoms with Crippen LogP contribution in [-0.4, -0.2) is 9.78 Å². The van der Waals surface area contributed by atoms with Crippen LogP contribution in [0.3, 0.4) is 0 Å². The lowest BCUT2D eigenvalue weighted by Crippen LogP contribution is -2.21. The third-order valence-electron chi connectivity index (χ3n) is 4.07. The molecular formula is C17H25N3. The first-order valence-corrected chi connectivity index (χ1v) is 7.32. The van der Waals surface area contributed by atoms with E-state index in [1.54, 1.807) is 0 Å². The van der Waals surface area contributed by atoms with Gasteiger partial charge in [0, 0.05) is 30.9 Å². The molecule has 3 nitrogen and oxygen atoms in total. The molecule has 1 unspecified atom stereocenters. The fourth-order valence-electron chi connectivity index (χ4n) is 2.60. The lowest BCUT2D eigenvalue weighted by Gasteiger charge is -2.18. The van der Waals surface area contributed by atoms with Crippen molar-refractivity contribution in [2.45, 2.75) is 46.7 Å².